The van der Waals surface area contributed by atoms with Crippen LogP contribution in [0.1, 0.15) is 46.5 Å². The molecule has 1 atom stereocenters. The Morgan fingerprint density at radius 1 is 1.40 bits per heavy atom. The van der Waals surface area contributed by atoms with E-state index in [4.69, 9.17) is 10.00 Å². The number of hydrogen-bond acceptors (Lipinski definition) is 3. The van der Waals surface area contributed by atoms with Gasteiger partial charge in [-0.2, -0.15) is 5.26 Å². The van der Waals surface area contributed by atoms with Gasteiger partial charge in [0.05, 0.1) is 11.7 Å². The van der Waals surface area contributed by atoms with Crippen molar-refractivity contribution in [3.05, 3.63) is 0 Å². The first kappa shape index (κ1) is 14.4. The third kappa shape index (κ3) is 8.41. The summed E-state index contributed by atoms with van der Waals surface area (Å²) in [5.41, 5.74) is -0.0565. The molecule has 0 rings (SSSR count). The van der Waals surface area contributed by atoms with Gasteiger partial charge in [-0.3, -0.25) is 0 Å². The predicted molar refractivity (Wildman–Crippen MR) is 62.6 cm³/mol. The van der Waals surface area contributed by atoms with Gasteiger partial charge in [0.2, 0.25) is 0 Å². The van der Waals surface area contributed by atoms with E-state index in [9.17, 15) is 0 Å². The second-order valence-electron chi connectivity index (χ2n) is 4.64. The zero-order valence-corrected chi connectivity index (χ0v) is 10.5. The molecule has 0 amide bonds. The zero-order valence-electron chi connectivity index (χ0n) is 10.5. The van der Waals surface area contributed by atoms with E-state index in [1.165, 1.54) is 0 Å². The maximum absolute atomic E-state index is 8.37. The van der Waals surface area contributed by atoms with E-state index in [-0.39, 0.29) is 5.60 Å². The van der Waals surface area contributed by atoms with Crippen molar-refractivity contribution in [1.29, 1.82) is 5.26 Å². The summed E-state index contributed by atoms with van der Waals surface area (Å²) in [6, 6.07) is 2.62. The van der Waals surface area contributed by atoms with Crippen molar-refractivity contribution < 1.29 is 4.74 Å². The van der Waals surface area contributed by atoms with Gasteiger partial charge in [-0.15, -0.1) is 0 Å². The Morgan fingerprint density at radius 2 is 2.07 bits per heavy atom. The fourth-order valence-electron chi connectivity index (χ4n) is 1.57. The van der Waals surface area contributed by atoms with Gasteiger partial charge in [0.1, 0.15) is 0 Å². The quantitative estimate of drug-likeness (QED) is 0.629. The Bertz CT molecular complexity index is 196. The molecule has 0 aromatic carbocycles. The smallest absolute Gasteiger partial charge is 0.0637 e. The summed E-state index contributed by atoms with van der Waals surface area (Å²) < 4.78 is 5.37. The lowest BCUT2D eigenvalue weighted by Gasteiger charge is -2.27. The van der Waals surface area contributed by atoms with Gasteiger partial charge in [0, 0.05) is 19.6 Å². The lowest BCUT2D eigenvalue weighted by molar-refractivity contribution is 0.00860. The van der Waals surface area contributed by atoms with Gasteiger partial charge in [0.25, 0.3) is 0 Å². The summed E-state index contributed by atoms with van der Waals surface area (Å²) >= 11 is 0. The average Bonchev–Trinajstić information content (AvgIpc) is 2.17. The standard InChI is InChI=1S/C12H24N2O/c1-11(10-12(2,3)15-4)14-9-7-5-6-8-13/h11,14H,5-7,9-10H2,1-4H3. The van der Waals surface area contributed by atoms with Gasteiger partial charge >= 0.3 is 0 Å². The SMILES string of the molecule is COC(C)(C)CC(C)NCCCCC#N. The van der Waals surface area contributed by atoms with Crippen LogP contribution in [0.25, 0.3) is 0 Å². The van der Waals surface area contributed by atoms with E-state index in [0.29, 0.717) is 12.5 Å². The highest BCUT2D eigenvalue weighted by Crippen LogP contribution is 2.15. The Morgan fingerprint density at radius 3 is 2.60 bits per heavy atom. The van der Waals surface area contributed by atoms with Crippen LogP contribution in [0.3, 0.4) is 0 Å². The molecule has 15 heavy (non-hydrogen) atoms. The second-order valence-corrected chi connectivity index (χ2v) is 4.64. The van der Waals surface area contributed by atoms with E-state index < -0.39 is 0 Å². The Kier molecular flexibility index (Phi) is 7.37. The molecule has 3 nitrogen and oxygen atoms in total. The van der Waals surface area contributed by atoms with Crippen LogP contribution >= 0.6 is 0 Å². The topological polar surface area (TPSA) is 45.0 Å². The van der Waals surface area contributed by atoms with E-state index >= 15 is 0 Å². The first-order valence-electron chi connectivity index (χ1n) is 5.67. The Balaban J connectivity index is 3.50. The summed E-state index contributed by atoms with van der Waals surface area (Å²) in [7, 11) is 1.75. The molecule has 1 unspecified atom stereocenters. The van der Waals surface area contributed by atoms with Crippen molar-refractivity contribution >= 4 is 0 Å². The monoisotopic (exact) mass is 212 g/mol. The van der Waals surface area contributed by atoms with E-state index in [1.807, 2.05) is 0 Å². The number of methoxy groups -OCH3 is 1. The molecule has 3 heteroatoms. The summed E-state index contributed by atoms with van der Waals surface area (Å²) in [4.78, 5) is 0. The van der Waals surface area contributed by atoms with Crippen molar-refractivity contribution in [1.82, 2.24) is 5.32 Å². The number of ether oxygens (including phenoxy) is 1. The third-order valence-corrected chi connectivity index (χ3v) is 2.56. The van der Waals surface area contributed by atoms with Crippen LogP contribution < -0.4 is 5.32 Å². The normalized spacial score (nSPS) is 13.5. The highest BCUT2D eigenvalue weighted by atomic mass is 16.5. The van der Waals surface area contributed by atoms with Crippen molar-refractivity contribution in [2.75, 3.05) is 13.7 Å². The molecule has 88 valence electrons. The summed E-state index contributed by atoms with van der Waals surface area (Å²) in [6.07, 6.45) is 3.73. The second kappa shape index (κ2) is 7.67. The third-order valence-electron chi connectivity index (χ3n) is 2.56. The molecule has 0 aliphatic rings. The largest absolute Gasteiger partial charge is 0.379 e. The molecule has 0 aromatic rings. The number of unbranched alkanes of at least 4 members (excludes halogenated alkanes) is 2. The molecule has 0 fully saturated rings. The number of nitrogens with zero attached hydrogens (tertiary/aromatic N) is 1. The molecule has 0 aliphatic carbocycles. The molecular formula is C12H24N2O. The van der Waals surface area contributed by atoms with E-state index in [2.05, 4.69) is 32.2 Å². The Hall–Kier alpha value is -0.590. The maximum Gasteiger partial charge on any atom is 0.0637 e. The number of nitrogens with one attached hydrogen (secondary N) is 1. The maximum atomic E-state index is 8.37. The summed E-state index contributed by atoms with van der Waals surface area (Å²) in [6.45, 7) is 7.36. The lowest BCUT2D eigenvalue weighted by atomic mass is 10.00. The number of nitriles is 1. The minimum Gasteiger partial charge on any atom is -0.379 e. The van der Waals surface area contributed by atoms with E-state index in [0.717, 1.165) is 25.8 Å². The van der Waals surface area contributed by atoms with Gasteiger partial charge < -0.3 is 10.1 Å². The summed E-state index contributed by atoms with van der Waals surface area (Å²) in [5, 5.41) is 11.8. The van der Waals surface area contributed by atoms with Crippen molar-refractivity contribution in [2.24, 2.45) is 0 Å². The molecule has 0 aromatic heterocycles. The van der Waals surface area contributed by atoms with Gasteiger partial charge in [0.15, 0.2) is 0 Å². The summed E-state index contributed by atoms with van der Waals surface area (Å²) in [5.74, 6) is 0. The number of hydrogen-bond donors (Lipinski definition) is 1. The lowest BCUT2D eigenvalue weighted by Crippen LogP contribution is -2.36. The van der Waals surface area contributed by atoms with Crippen LogP contribution in [0.4, 0.5) is 0 Å². The fourth-order valence-corrected chi connectivity index (χ4v) is 1.57. The van der Waals surface area contributed by atoms with Crippen molar-refractivity contribution in [3.8, 4) is 6.07 Å². The highest BCUT2D eigenvalue weighted by Gasteiger charge is 2.19. The van der Waals surface area contributed by atoms with Crippen molar-refractivity contribution in [2.45, 2.75) is 58.1 Å². The van der Waals surface area contributed by atoms with Crippen molar-refractivity contribution in [3.63, 3.8) is 0 Å². The molecule has 0 radical (unpaired) electrons. The first-order chi connectivity index (χ1) is 7.02. The molecule has 0 saturated heterocycles. The molecule has 0 bridgehead atoms. The van der Waals surface area contributed by atoms with Gasteiger partial charge in [-0.1, -0.05) is 0 Å². The van der Waals surface area contributed by atoms with E-state index in [1.54, 1.807) is 7.11 Å². The minimum atomic E-state index is -0.0565. The van der Waals surface area contributed by atoms with Crippen LogP contribution in [0.2, 0.25) is 0 Å². The van der Waals surface area contributed by atoms with Gasteiger partial charge in [-0.05, 0) is 46.6 Å². The molecule has 0 heterocycles. The van der Waals surface area contributed by atoms with Crippen LogP contribution in [0.5, 0.6) is 0 Å². The van der Waals surface area contributed by atoms with Crippen LogP contribution in [0, 0.1) is 11.3 Å². The van der Waals surface area contributed by atoms with Crippen LogP contribution in [0.15, 0.2) is 0 Å². The highest BCUT2D eigenvalue weighted by molar-refractivity contribution is 4.75. The predicted octanol–water partition coefficient (Wildman–Crippen LogP) is 2.47. The minimum absolute atomic E-state index is 0.0565. The molecule has 1 N–H and O–H groups in total. The van der Waals surface area contributed by atoms with Crippen LogP contribution in [-0.2, 0) is 4.74 Å². The molecular weight excluding hydrogens is 188 g/mol. The number of rotatable bonds is 8. The van der Waals surface area contributed by atoms with Gasteiger partial charge in [-0.25, -0.2) is 0 Å². The first-order valence-corrected chi connectivity index (χ1v) is 5.67. The zero-order chi connectivity index (χ0) is 11.7. The van der Waals surface area contributed by atoms with Crippen LogP contribution in [-0.4, -0.2) is 25.3 Å². The fraction of sp³-hybridized carbons (Fsp3) is 0.917. The average molecular weight is 212 g/mol. The Labute approximate surface area is 93.8 Å². The molecule has 0 aliphatic heterocycles. The molecule has 0 saturated carbocycles. The molecule has 0 spiro atoms.